The smallest absolute Gasteiger partial charge is 0.327 e. The Labute approximate surface area is 163 Å². The van der Waals surface area contributed by atoms with Crippen LogP contribution < -0.4 is 16.0 Å². The van der Waals surface area contributed by atoms with Crippen LogP contribution in [0.25, 0.3) is 0 Å². The Morgan fingerprint density at radius 2 is 1.93 bits per heavy atom. The molecule has 2 fully saturated rings. The SMILES string of the molecule is CC(C)NC(=O)NC(=O)[C@H](C)OC(=O)CN1C(=O)N[C@]2(CCCC[C@@H]2C)C1=O. The molecule has 28 heavy (non-hydrogen) atoms. The molecule has 2 rings (SSSR count). The number of urea groups is 2. The van der Waals surface area contributed by atoms with Crippen LogP contribution in [0.3, 0.4) is 0 Å². The van der Waals surface area contributed by atoms with Crippen molar-refractivity contribution < 1.29 is 28.7 Å². The van der Waals surface area contributed by atoms with Crippen LogP contribution in [0.15, 0.2) is 0 Å². The number of carbonyl (C=O) groups excluding carboxylic acids is 5. The van der Waals surface area contributed by atoms with E-state index in [4.69, 9.17) is 4.74 Å². The number of imide groups is 2. The van der Waals surface area contributed by atoms with E-state index in [1.165, 1.54) is 6.92 Å². The molecule has 0 unspecified atom stereocenters. The predicted molar refractivity (Wildman–Crippen MR) is 98.0 cm³/mol. The van der Waals surface area contributed by atoms with Gasteiger partial charge in [-0.25, -0.2) is 9.59 Å². The van der Waals surface area contributed by atoms with Gasteiger partial charge in [0.15, 0.2) is 6.10 Å². The van der Waals surface area contributed by atoms with Crippen LogP contribution in [0, 0.1) is 5.92 Å². The Balaban J connectivity index is 1.92. The maximum atomic E-state index is 12.8. The number of rotatable bonds is 5. The van der Waals surface area contributed by atoms with Crippen LogP contribution in [-0.4, -0.2) is 59.0 Å². The van der Waals surface area contributed by atoms with Crippen LogP contribution in [0.5, 0.6) is 0 Å². The lowest BCUT2D eigenvalue weighted by Crippen LogP contribution is -2.54. The fraction of sp³-hybridized carbons (Fsp3) is 0.722. The second-order valence-electron chi connectivity index (χ2n) is 7.69. The second kappa shape index (κ2) is 8.57. The van der Waals surface area contributed by atoms with Gasteiger partial charge in [-0.3, -0.25) is 24.6 Å². The van der Waals surface area contributed by atoms with Gasteiger partial charge in [0.1, 0.15) is 12.1 Å². The number of esters is 1. The van der Waals surface area contributed by atoms with Gasteiger partial charge in [-0.2, -0.15) is 0 Å². The summed E-state index contributed by atoms with van der Waals surface area (Å²) < 4.78 is 4.97. The van der Waals surface area contributed by atoms with E-state index in [2.05, 4.69) is 16.0 Å². The van der Waals surface area contributed by atoms with Crippen LogP contribution in [0.4, 0.5) is 9.59 Å². The molecule has 0 aromatic heterocycles. The standard InChI is InChI=1S/C18H28N4O6/c1-10(2)19-16(26)20-14(24)12(4)28-13(23)9-22-15(25)18(21-17(22)27)8-6-5-7-11(18)3/h10-12H,5-9H2,1-4H3,(H,21,27)(H2,19,20,24,26)/t11-,12-,18-/m0/s1. The Hall–Kier alpha value is -2.65. The molecule has 156 valence electrons. The minimum absolute atomic E-state index is 0.0251. The summed E-state index contributed by atoms with van der Waals surface area (Å²) in [6.45, 7) is 6.08. The molecule has 1 saturated carbocycles. The normalized spacial score (nSPS) is 25.5. The van der Waals surface area contributed by atoms with Crippen molar-refractivity contribution in [3.8, 4) is 0 Å². The molecule has 1 spiro atoms. The zero-order valence-electron chi connectivity index (χ0n) is 16.7. The van der Waals surface area contributed by atoms with Gasteiger partial charge in [0, 0.05) is 6.04 Å². The van der Waals surface area contributed by atoms with Crippen molar-refractivity contribution in [2.75, 3.05) is 6.54 Å². The first-order valence-electron chi connectivity index (χ1n) is 9.51. The van der Waals surface area contributed by atoms with Crippen molar-refractivity contribution in [2.24, 2.45) is 5.92 Å². The first kappa shape index (κ1) is 21.6. The van der Waals surface area contributed by atoms with Crippen molar-refractivity contribution in [1.82, 2.24) is 20.9 Å². The van der Waals surface area contributed by atoms with Gasteiger partial charge in [-0.1, -0.05) is 19.8 Å². The molecular weight excluding hydrogens is 368 g/mol. The van der Waals surface area contributed by atoms with E-state index in [0.29, 0.717) is 6.42 Å². The summed E-state index contributed by atoms with van der Waals surface area (Å²) in [6.07, 6.45) is 1.91. The number of hydrogen-bond donors (Lipinski definition) is 3. The highest BCUT2D eigenvalue weighted by Gasteiger charge is 2.55. The summed E-state index contributed by atoms with van der Waals surface area (Å²) in [5.41, 5.74) is -0.965. The third kappa shape index (κ3) is 4.60. The third-order valence-electron chi connectivity index (χ3n) is 5.12. The van der Waals surface area contributed by atoms with Crippen molar-refractivity contribution in [1.29, 1.82) is 0 Å². The quantitative estimate of drug-likeness (QED) is 0.461. The zero-order valence-corrected chi connectivity index (χ0v) is 16.7. The van der Waals surface area contributed by atoms with E-state index < -0.39 is 48.0 Å². The lowest BCUT2D eigenvalue weighted by Gasteiger charge is -2.36. The molecule has 2 aliphatic rings. The van der Waals surface area contributed by atoms with Crippen LogP contribution >= 0.6 is 0 Å². The van der Waals surface area contributed by atoms with Crippen molar-refractivity contribution in [2.45, 2.75) is 71.1 Å². The first-order valence-corrected chi connectivity index (χ1v) is 9.51. The number of amides is 6. The average Bonchev–Trinajstić information content (AvgIpc) is 2.81. The molecular formula is C18H28N4O6. The molecule has 10 heteroatoms. The summed E-state index contributed by atoms with van der Waals surface area (Å²) in [4.78, 5) is 61.5. The summed E-state index contributed by atoms with van der Waals surface area (Å²) in [7, 11) is 0. The Bertz CT molecular complexity index is 679. The van der Waals surface area contributed by atoms with Crippen molar-refractivity contribution >= 4 is 29.8 Å². The minimum atomic E-state index is -1.26. The van der Waals surface area contributed by atoms with Crippen LogP contribution in [0.2, 0.25) is 0 Å². The Morgan fingerprint density at radius 3 is 2.54 bits per heavy atom. The van der Waals surface area contributed by atoms with Gasteiger partial charge < -0.3 is 15.4 Å². The van der Waals surface area contributed by atoms with E-state index >= 15 is 0 Å². The van der Waals surface area contributed by atoms with Crippen LogP contribution in [0.1, 0.15) is 53.4 Å². The highest BCUT2D eigenvalue weighted by molar-refractivity contribution is 6.09. The van der Waals surface area contributed by atoms with Gasteiger partial charge in [0.05, 0.1) is 0 Å². The molecule has 3 atom stereocenters. The zero-order chi connectivity index (χ0) is 21.1. The highest BCUT2D eigenvalue weighted by atomic mass is 16.5. The number of nitrogens with one attached hydrogen (secondary N) is 3. The summed E-state index contributed by atoms with van der Waals surface area (Å²) in [5.74, 6) is -2.17. The van der Waals surface area contributed by atoms with E-state index in [-0.39, 0.29) is 12.0 Å². The number of hydrogen-bond acceptors (Lipinski definition) is 6. The minimum Gasteiger partial charge on any atom is -0.451 e. The largest absolute Gasteiger partial charge is 0.451 e. The summed E-state index contributed by atoms with van der Waals surface area (Å²) in [6, 6.07) is -1.51. The molecule has 1 heterocycles. The van der Waals surface area contributed by atoms with Gasteiger partial charge in [-0.15, -0.1) is 0 Å². The molecule has 6 amide bonds. The maximum Gasteiger partial charge on any atom is 0.327 e. The van der Waals surface area contributed by atoms with Crippen molar-refractivity contribution in [3.63, 3.8) is 0 Å². The molecule has 0 aromatic carbocycles. The van der Waals surface area contributed by atoms with Crippen molar-refractivity contribution in [3.05, 3.63) is 0 Å². The predicted octanol–water partition coefficient (Wildman–Crippen LogP) is 0.653. The fourth-order valence-electron chi connectivity index (χ4n) is 3.57. The lowest BCUT2D eigenvalue weighted by atomic mass is 9.73. The Morgan fingerprint density at radius 1 is 1.25 bits per heavy atom. The van der Waals surface area contributed by atoms with E-state index in [0.717, 1.165) is 24.2 Å². The molecule has 0 aromatic rings. The molecule has 1 aliphatic carbocycles. The monoisotopic (exact) mass is 396 g/mol. The number of ether oxygens (including phenoxy) is 1. The Kier molecular flexibility index (Phi) is 6.63. The van der Waals surface area contributed by atoms with Gasteiger partial charge in [0.25, 0.3) is 11.8 Å². The second-order valence-corrected chi connectivity index (χ2v) is 7.69. The number of carbonyl (C=O) groups is 5. The summed E-state index contributed by atoms with van der Waals surface area (Å²) >= 11 is 0. The van der Waals surface area contributed by atoms with Crippen LogP contribution in [-0.2, 0) is 19.1 Å². The lowest BCUT2D eigenvalue weighted by molar-refractivity contribution is -0.156. The topological polar surface area (TPSA) is 134 Å². The fourth-order valence-corrected chi connectivity index (χ4v) is 3.57. The van der Waals surface area contributed by atoms with Gasteiger partial charge in [0.2, 0.25) is 0 Å². The first-order chi connectivity index (χ1) is 13.1. The van der Waals surface area contributed by atoms with E-state index in [9.17, 15) is 24.0 Å². The molecule has 3 N–H and O–H groups in total. The summed E-state index contributed by atoms with van der Waals surface area (Å²) in [5, 5.41) is 7.27. The highest BCUT2D eigenvalue weighted by Crippen LogP contribution is 2.38. The maximum absolute atomic E-state index is 12.8. The molecule has 10 nitrogen and oxygen atoms in total. The molecule has 0 bridgehead atoms. The average molecular weight is 396 g/mol. The molecule has 1 saturated heterocycles. The van der Waals surface area contributed by atoms with Gasteiger partial charge in [-0.05, 0) is 39.5 Å². The molecule has 1 aliphatic heterocycles. The third-order valence-corrected chi connectivity index (χ3v) is 5.12. The van der Waals surface area contributed by atoms with Gasteiger partial charge >= 0.3 is 18.0 Å². The van der Waals surface area contributed by atoms with E-state index in [1.807, 2.05) is 6.92 Å². The van der Waals surface area contributed by atoms with E-state index in [1.54, 1.807) is 13.8 Å². The number of nitrogens with zero attached hydrogens (tertiary/aromatic N) is 1. The molecule has 0 radical (unpaired) electrons.